The van der Waals surface area contributed by atoms with E-state index in [9.17, 15) is 0 Å². The Kier molecular flexibility index (Phi) is 3.28. The molecule has 3 nitrogen and oxygen atoms in total. The van der Waals surface area contributed by atoms with Crippen LogP contribution in [-0.4, -0.2) is 20.7 Å². The largest absolute Gasteiger partial charge is 0.330 e. The van der Waals surface area contributed by atoms with E-state index in [1.807, 2.05) is 11.8 Å². The van der Waals surface area contributed by atoms with Crippen LogP contribution in [-0.2, 0) is 6.42 Å². The number of imidazole rings is 1. The van der Waals surface area contributed by atoms with Crippen LogP contribution in [0.5, 0.6) is 0 Å². The lowest BCUT2D eigenvalue weighted by Gasteiger charge is -2.16. The maximum Gasteiger partial charge on any atom is 0.194 e. The van der Waals surface area contributed by atoms with Gasteiger partial charge in [0, 0.05) is 22.7 Å². The maximum absolute atomic E-state index is 5.67. The first-order valence-electron chi connectivity index (χ1n) is 5.35. The first-order valence-corrected chi connectivity index (χ1v) is 7.04. The van der Waals surface area contributed by atoms with Crippen LogP contribution in [0.2, 0.25) is 0 Å². The fraction of sp³-hybridized carbons (Fsp3) is 0.545. The van der Waals surface area contributed by atoms with Crippen molar-refractivity contribution in [1.82, 2.24) is 9.38 Å². The number of nitrogens with two attached hydrogens (primary N) is 1. The van der Waals surface area contributed by atoms with Gasteiger partial charge >= 0.3 is 0 Å². The molecule has 0 aliphatic heterocycles. The molecule has 2 aromatic heterocycles. The van der Waals surface area contributed by atoms with Gasteiger partial charge in [0.05, 0.1) is 5.69 Å². The monoisotopic (exact) mass is 255 g/mol. The highest BCUT2D eigenvalue weighted by molar-refractivity contribution is 8.00. The second kappa shape index (κ2) is 4.39. The van der Waals surface area contributed by atoms with E-state index in [0.717, 1.165) is 16.4 Å². The van der Waals surface area contributed by atoms with Crippen LogP contribution < -0.4 is 5.73 Å². The maximum atomic E-state index is 5.67. The van der Waals surface area contributed by atoms with Gasteiger partial charge < -0.3 is 5.73 Å². The van der Waals surface area contributed by atoms with E-state index in [0.29, 0.717) is 6.54 Å². The van der Waals surface area contributed by atoms with Crippen LogP contribution in [0, 0.1) is 0 Å². The average molecular weight is 255 g/mol. The minimum Gasteiger partial charge on any atom is -0.330 e. The number of hydrogen-bond donors (Lipinski definition) is 1. The Labute approximate surface area is 104 Å². The van der Waals surface area contributed by atoms with Crippen molar-refractivity contribution in [2.75, 3.05) is 6.54 Å². The summed E-state index contributed by atoms with van der Waals surface area (Å²) >= 11 is 3.49. The van der Waals surface area contributed by atoms with Gasteiger partial charge in [0.1, 0.15) is 5.03 Å². The normalized spacial score (nSPS) is 12.5. The fourth-order valence-electron chi connectivity index (χ4n) is 1.55. The molecule has 16 heavy (non-hydrogen) atoms. The molecule has 0 unspecified atom stereocenters. The van der Waals surface area contributed by atoms with Crippen LogP contribution in [0.1, 0.15) is 26.5 Å². The lowest BCUT2D eigenvalue weighted by atomic mass is 10.3. The van der Waals surface area contributed by atoms with Crippen LogP contribution in [0.15, 0.2) is 16.6 Å². The first-order chi connectivity index (χ1) is 7.51. The zero-order valence-electron chi connectivity index (χ0n) is 9.86. The number of aromatic nitrogens is 2. The molecule has 2 heterocycles. The Hall–Kier alpha value is -0.520. The number of thiazole rings is 1. The van der Waals surface area contributed by atoms with Crippen molar-refractivity contribution in [1.29, 1.82) is 0 Å². The summed E-state index contributed by atoms with van der Waals surface area (Å²) in [5, 5.41) is 3.19. The van der Waals surface area contributed by atoms with Gasteiger partial charge in [-0.05, 0) is 6.54 Å². The predicted octanol–water partition coefficient (Wildman–Crippen LogP) is 2.79. The van der Waals surface area contributed by atoms with Crippen LogP contribution in [0.25, 0.3) is 4.96 Å². The third-order valence-electron chi connectivity index (χ3n) is 2.11. The molecule has 0 bridgehead atoms. The standard InChI is InChI=1S/C11H17N3S2/c1-11(2,3)16-9-8(4-5-12)14-6-7-15-10(14)13-9/h6-7H,4-5,12H2,1-3H3. The topological polar surface area (TPSA) is 43.3 Å². The van der Waals surface area contributed by atoms with E-state index in [4.69, 9.17) is 5.73 Å². The first kappa shape index (κ1) is 12.0. The fourth-order valence-corrected chi connectivity index (χ4v) is 3.37. The van der Waals surface area contributed by atoms with Crippen LogP contribution in [0.3, 0.4) is 0 Å². The Morgan fingerprint density at radius 1 is 1.50 bits per heavy atom. The summed E-state index contributed by atoms with van der Waals surface area (Å²) in [5.41, 5.74) is 6.91. The molecule has 0 fully saturated rings. The average Bonchev–Trinajstić information content (AvgIpc) is 2.67. The number of hydrogen-bond acceptors (Lipinski definition) is 4. The van der Waals surface area contributed by atoms with Gasteiger partial charge in [-0.25, -0.2) is 4.98 Å². The van der Waals surface area contributed by atoms with E-state index in [1.54, 1.807) is 11.3 Å². The van der Waals surface area contributed by atoms with Gasteiger partial charge in [0.15, 0.2) is 4.96 Å². The minimum atomic E-state index is 0.188. The van der Waals surface area contributed by atoms with Gasteiger partial charge in [-0.3, -0.25) is 4.40 Å². The van der Waals surface area contributed by atoms with Crippen molar-refractivity contribution in [3.63, 3.8) is 0 Å². The molecule has 0 spiro atoms. The molecule has 0 aromatic carbocycles. The molecule has 2 aromatic rings. The van der Waals surface area contributed by atoms with Gasteiger partial charge in [-0.1, -0.05) is 32.5 Å². The van der Waals surface area contributed by atoms with Crippen molar-refractivity contribution in [3.05, 3.63) is 17.3 Å². The number of nitrogens with zero attached hydrogens (tertiary/aromatic N) is 2. The Bertz CT molecular complexity index is 479. The number of rotatable bonds is 3. The van der Waals surface area contributed by atoms with E-state index < -0.39 is 0 Å². The lowest BCUT2D eigenvalue weighted by Crippen LogP contribution is -2.10. The molecule has 0 amide bonds. The molecule has 0 aliphatic rings. The van der Waals surface area contributed by atoms with Crippen LogP contribution in [0.4, 0.5) is 0 Å². The molecule has 2 rings (SSSR count). The molecule has 2 N–H and O–H groups in total. The van der Waals surface area contributed by atoms with Gasteiger partial charge in [0.2, 0.25) is 0 Å². The van der Waals surface area contributed by atoms with E-state index in [-0.39, 0.29) is 4.75 Å². The summed E-state index contributed by atoms with van der Waals surface area (Å²) in [6.45, 7) is 7.29. The molecule has 0 saturated carbocycles. The molecule has 0 atom stereocenters. The van der Waals surface area contributed by atoms with E-state index in [1.165, 1.54) is 5.69 Å². The van der Waals surface area contributed by atoms with Crippen molar-refractivity contribution in [2.45, 2.75) is 37.0 Å². The highest BCUT2D eigenvalue weighted by atomic mass is 32.2. The highest BCUT2D eigenvalue weighted by Crippen LogP contribution is 2.34. The molecule has 5 heteroatoms. The lowest BCUT2D eigenvalue weighted by molar-refractivity contribution is 0.795. The smallest absolute Gasteiger partial charge is 0.194 e. The summed E-state index contributed by atoms with van der Waals surface area (Å²) in [6.07, 6.45) is 2.96. The molecular weight excluding hydrogens is 238 g/mol. The SMILES string of the molecule is CC(C)(C)Sc1nc2sccn2c1CCN. The van der Waals surface area contributed by atoms with Crippen LogP contribution >= 0.6 is 23.1 Å². The van der Waals surface area contributed by atoms with Crippen molar-refractivity contribution in [3.8, 4) is 0 Å². The Balaban J connectivity index is 2.42. The van der Waals surface area contributed by atoms with Crippen molar-refractivity contribution in [2.24, 2.45) is 5.73 Å². The summed E-state index contributed by atoms with van der Waals surface area (Å²) in [7, 11) is 0. The Morgan fingerprint density at radius 2 is 2.25 bits per heavy atom. The van der Waals surface area contributed by atoms with Crippen molar-refractivity contribution < 1.29 is 0 Å². The third-order valence-corrected chi connectivity index (χ3v) is 4.00. The zero-order valence-corrected chi connectivity index (χ0v) is 11.5. The third kappa shape index (κ3) is 2.42. The summed E-state index contributed by atoms with van der Waals surface area (Å²) < 4.78 is 2.35. The summed E-state index contributed by atoms with van der Waals surface area (Å²) in [6, 6.07) is 0. The van der Waals surface area contributed by atoms with Crippen molar-refractivity contribution >= 4 is 28.1 Å². The second-order valence-electron chi connectivity index (χ2n) is 4.67. The summed E-state index contributed by atoms with van der Waals surface area (Å²) in [4.78, 5) is 5.73. The predicted molar refractivity (Wildman–Crippen MR) is 71.4 cm³/mol. The molecule has 0 radical (unpaired) electrons. The van der Waals surface area contributed by atoms with E-state index in [2.05, 4.69) is 41.7 Å². The quantitative estimate of drug-likeness (QED) is 0.858. The zero-order chi connectivity index (χ0) is 11.8. The van der Waals surface area contributed by atoms with E-state index >= 15 is 0 Å². The number of thioether (sulfide) groups is 1. The second-order valence-corrected chi connectivity index (χ2v) is 7.36. The van der Waals surface area contributed by atoms with Gasteiger partial charge in [-0.15, -0.1) is 11.3 Å². The number of fused-ring (bicyclic) bond motifs is 1. The minimum absolute atomic E-state index is 0.188. The molecule has 0 saturated heterocycles. The molecular formula is C11H17N3S2. The molecule has 0 aliphatic carbocycles. The molecule has 88 valence electrons. The van der Waals surface area contributed by atoms with Gasteiger partial charge in [-0.2, -0.15) is 0 Å². The highest BCUT2D eigenvalue weighted by Gasteiger charge is 2.19. The Morgan fingerprint density at radius 3 is 2.88 bits per heavy atom. The summed E-state index contributed by atoms with van der Waals surface area (Å²) in [5.74, 6) is 0. The van der Waals surface area contributed by atoms with Gasteiger partial charge in [0.25, 0.3) is 0 Å².